The molecule has 0 aromatic heterocycles. The lowest BCUT2D eigenvalue weighted by Gasteiger charge is -2.16. The van der Waals surface area contributed by atoms with Gasteiger partial charge in [0.1, 0.15) is 0 Å². The molecule has 18 heavy (non-hydrogen) atoms. The largest absolute Gasteiger partial charge is 0.350 e. The van der Waals surface area contributed by atoms with Crippen LogP contribution in [0.15, 0.2) is 24.3 Å². The average Bonchev–Trinajstić information content (AvgIpc) is 2.81. The summed E-state index contributed by atoms with van der Waals surface area (Å²) in [7, 11) is 0. The van der Waals surface area contributed by atoms with Crippen LogP contribution in [-0.4, -0.2) is 18.5 Å². The van der Waals surface area contributed by atoms with Crippen molar-refractivity contribution >= 4 is 17.5 Å². The first-order valence-electron chi connectivity index (χ1n) is 6.43. The standard InChI is InChI=1S/C14H19ClN2O/c1-10(11-4-2-5-12(15)8-11)17-14(18)9-13-6-3-7-16-13/h2,4-5,8,10,13,16H,3,6-7,9H2,1H3,(H,17,18). The number of carbonyl (C=O) groups excluding carboxylic acids is 1. The molecule has 0 spiro atoms. The number of amides is 1. The van der Waals surface area contributed by atoms with Crippen LogP contribution in [0.3, 0.4) is 0 Å². The van der Waals surface area contributed by atoms with E-state index in [0.29, 0.717) is 17.5 Å². The molecule has 1 aliphatic rings. The minimum atomic E-state index is -0.00222. The second kappa shape index (κ2) is 6.21. The SMILES string of the molecule is CC(NC(=O)CC1CCCN1)c1cccc(Cl)c1. The van der Waals surface area contributed by atoms with Crippen LogP contribution in [0, 0.1) is 0 Å². The van der Waals surface area contributed by atoms with Crippen molar-refractivity contribution in [1.29, 1.82) is 0 Å². The fourth-order valence-corrected chi connectivity index (χ4v) is 2.51. The Hall–Kier alpha value is -1.06. The molecule has 0 bridgehead atoms. The van der Waals surface area contributed by atoms with Gasteiger partial charge in [0.25, 0.3) is 0 Å². The van der Waals surface area contributed by atoms with Gasteiger partial charge in [0.2, 0.25) is 5.91 Å². The third-order valence-electron chi connectivity index (χ3n) is 3.32. The van der Waals surface area contributed by atoms with Crippen molar-refractivity contribution in [3.8, 4) is 0 Å². The first-order valence-corrected chi connectivity index (χ1v) is 6.81. The van der Waals surface area contributed by atoms with Crippen molar-refractivity contribution in [2.45, 2.75) is 38.3 Å². The van der Waals surface area contributed by atoms with E-state index in [0.717, 1.165) is 18.5 Å². The van der Waals surface area contributed by atoms with Gasteiger partial charge in [0, 0.05) is 17.5 Å². The van der Waals surface area contributed by atoms with E-state index in [9.17, 15) is 4.79 Å². The topological polar surface area (TPSA) is 41.1 Å². The lowest BCUT2D eigenvalue weighted by atomic mass is 10.1. The van der Waals surface area contributed by atoms with Crippen LogP contribution in [0.5, 0.6) is 0 Å². The molecule has 1 saturated heterocycles. The van der Waals surface area contributed by atoms with Gasteiger partial charge in [-0.2, -0.15) is 0 Å². The molecule has 4 heteroatoms. The number of benzene rings is 1. The molecule has 1 fully saturated rings. The summed E-state index contributed by atoms with van der Waals surface area (Å²) in [6, 6.07) is 7.94. The molecular formula is C14H19ClN2O. The molecule has 2 N–H and O–H groups in total. The molecule has 2 rings (SSSR count). The molecule has 98 valence electrons. The molecule has 2 unspecified atom stereocenters. The van der Waals surface area contributed by atoms with Crippen LogP contribution in [0.4, 0.5) is 0 Å². The third kappa shape index (κ3) is 3.72. The molecule has 2 atom stereocenters. The first kappa shape index (κ1) is 13.4. The van der Waals surface area contributed by atoms with Gasteiger partial charge >= 0.3 is 0 Å². The highest BCUT2D eigenvalue weighted by Gasteiger charge is 2.18. The normalized spacial score (nSPS) is 20.7. The zero-order valence-corrected chi connectivity index (χ0v) is 11.3. The van der Waals surface area contributed by atoms with Gasteiger partial charge in [0.15, 0.2) is 0 Å². The van der Waals surface area contributed by atoms with E-state index in [1.54, 1.807) is 0 Å². The third-order valence-corrected chi connectivity index (χ3v) is 3.56. The smallest absolute Gasteiger partial charge is 0.222 e. The van der Waals surface area contributed by atoms with Gasteiger partial charge in [-0.05, 0) is 44.0 Å². The number of hydrogen-bond donors (Lipinski definition) is 2. The second-order valence-corrected chi connectivity index (χ2v) is 5.28. The monoisotopic (exact) mass is 266 g/mol. The average molecular weight is 267 g/mol. The van der Waals surface area contributed by atoms with Crippen LogP contribution >= 0.6 is 11.6 Å². The van der Waals surface area contributed by atoms with Gasteiger partial charge in [-0.1, -0.05) is 23.7 Å². The Bertz CT molecular complexity index is 416. The van der Waals surface area contributed by atoms with Crippen LogP contribution < -0.4 is 10.6 Å². The summed E-state index contributed by atoms with van der Waals surface area (Å²) in [5.41, 5.74) is 1.04. The van der Waals surface area contributed by atoms with Crippen LogP contribution in [0.25, 0.3) is 0 Å². The van der Waals surface area contributed by atoms with Crippen molar-refractivity contribution in [3.63, 3.8) is 0 Å². The van der Waals surface area contributed by atoms with Crippen molar-refractivity contribution in [2.75, 3.05) is 6.54 Å². The summed E-state index contributed by atoms with van der Waals surface area (Å²) in [6.45, 7) is 3.01. The van der Waals surface area contributed by atoms with E-state index in [1.165, 1.54) is 6.42 Å². The van der Waals surface area contributed by atoms with E-state index in [1.807, 2.05) is 31.2 Å². The van der Waals surface area contributed by atoms with E-state index in [4.69, 9.17) is 11.6 Å². The number of rotatable bonds is 4. The predicted octanol–water partition coefficient (Wildman–Crippen LogP) is 2.66. The zero-order valence-electron chi connectivity index (χ0n) is 10.6. The van der Waals surface area contributed by atoms with Gasteiger partial charge in [-0.3, -0.25) is 4.79 Å². The Morgan fingerprint density at radius 1 is 1.61 bits per heavy atom. The Labute approximate surface area is 113 Å². The van der Waals surface area contributed by atoms with E-state index >= 15 is 0 Å². The van der Waals surface area contributed by atoms with Crippen LogP contribution in [-0.2, 0) is 4.79 Å². The summed E-state index contributed by atoms with van der Waals surface area (Å²) < 4.78 is 0. The lowest BCUT2D eigenvalue weighted by Crippen LogP contribution is -2.33. The first-order chi connectivity index (χ1) is 8.65. The molecule has 0 saturated carbocycles. The number of hydrogen-bond acceptors (Lipinski definition) is 2. The predicted molar refractivity (Wildman–Crippen MR) is 73.7 cm³/mol. The zero-order chi connectivity index (χ0) is 13.0. The Balaban J connectivity index is 1.86. The molecule has 1 amide bonds. The summed E-state index contributed by atoms with van der Waals surface area (Å²) in [5, 5.41) is 7.04. The Morgan fingerprint density at radius 2 is 2.44 bits per heavy atom. The van der Waals surface area contributed by atoms with Crippen molar-refractivity contribution in [2.24, 2.45) is 0 Å². The molecule has 0 radical (unpaired) electrons. The molecule has 1 heterocycles. The maximum absolute atomic E-state index is 11.9. The lowest BCUT2D eigenvalue weighted by molar-refractivity contribution is -0.122. The molecule has 1 aromatic carbocycles. The minimum Gasteiger partial charge on any atom is -0.350 e. The molecule has 1 aromatic rings. The molecule has 0 aliphatic carbocycles. The highest BCUT2D eigenvalue weighted by atomic mass is 35.5. The Kier molecular flexibility index (Phi) is 4.61. The quantitative estimate of drug-likeness (QED) is 0.880. The number of carbonyl (C=O) groups is 1. The minimum absolute atomic E-state index is 0.00222. The highest BCUT2D eigenvalue weighted by molar-refractivity contribution is 6.30. The highest BCUT2D eigenvalue weighted by Crippen LogP contribution is 2.18. The van der Waals surface area contributed by atoms with E-state index in [-0.39, 0.29) is 11.9 Å². The summed E-state index contributed by atoms with van der Waals surface area (Å²) in [5.74, 6) is 0.0990. The van der Waals surface area contributed by atoms with Gasteiger partial charge in [-0.25, -0.2) is 0 Å². The van der Waals surface area contributed by atoms with E-state index in [2.05, 4.69) is 10.6 Å². The van der Waals surface area contributed by atoms with Crippen LogP contribution in [0.1, 0.15) is 37.8 Å². The summed E-state index contributed by atoms with van der Waals surface area (Å²) in [6.07, 6.45) is 2.83. The summed E-state index contributed by atoms with van der Waals surface area (Å²) in [4.78, 5) is 11.9. The summed E-state index contributed by atoms with van der Waals surface area (Å²) >= 11 is 5.94. The molecule has 3 nitrogen and oxygen atoms in total. The Morgan fingerprint density at radius 3 is 3.11 bits per heavy atom. The van der Waals surface area contributed by atoms with E-state index < -0.39 is 0 Å². The maximum Gasteiger partial charge on any atom is 0.222 e. The fourth-order valence-electron chi connectivity index (χ4n) is 2.31. The van der Waals surface area contributed by atoms with Gasteiger partial charge in [-0.15, -0.1) is 0 Å². The number of halogens is 1. The number of nitrogens with one attached hydrogen (secondary N) is 2. The molecular weight excluding hydrogens is 248 g/mol. The van der Waals surface area contributed by atoms with Gasteiger partial charge < -0.3 is 10.6 Å². The second-order valence-electron chi connectivity index (χ2n) is 4.84. The van der Waals surface area contributed by atoms with Gasteiger partial charge in [0.05, 0.1) is 6.04 Å². The fraction of sp³-hybridized carbons (Fsp3) is 0.500. The van der Waals surface area contributed by atoms with Crippen molar-refractivity contribution in [3.05, 3.63) is 34.9 Å². The molecule has 1 aliphatic heterocycles. The van der Waals surface area contributed by atoms with Crippen LogP contribution in [0.2, 0.25) is 5.02 Å². The van der Waals surface area contributed by atoms with Crippen molar-refractivity contribution < 1.29 is 4.79 Å². The van der Waals surface area contributed by atoms with Crippen molar-refractivity contribution in [1.82, 2.24) is 10.6 Å². The maximum atomic E-state index is 11.9.